The van der Waals surface area contributed by atoms with Gasteiger partial charge in [0.2, 0.25) is 0 Å². The van der Waals surface area contributed by atoms with Gasteiger partial charge in [-0.05, 0) is 25.2 Å². The molecule has 0 radical (unpaired) electrons. The maximum absolute atomic E-state index is 6.18. The van der Waals surface area contributed by atoms with Gasteiger partial charge in [0.15, 0.2) is 0 Å². The average Bonchev–Trinajstić information content (AvgIpc) is 2.78. The number of aromatic nitrogens is 2. The van der Waals surface area contributed by atoms with Crippen molar-refractivity contribution in [2.45, 2.75) is 58.3 Å². The number of hydrogen-bond donors (Lipinski definition) is 1. The van der Waals surface area contributed by atoms with E-state index in [4.69, 9.17) is 10.8 Å². The van der Waals surface area contributed by atoms with Crippen molar-refractivity contribution in [3.63, 3.8) is 0 Å². The second-order valence-corrected chi connectivity index (χ2v) is 6.20. The standard InChI is InChI=1S/C14H25N3/c1-10(2)9-11-12(16-17(4)13(11)15)14(3)7-5-6-8-14/h10H,5-9,15H2,1-4H3. The quantitative estimate of drug-likeness (QED) is 0.875. The third-order valence-electron chi connectivity index (χ3n) is 4.08. The smallest absolute Gasteiger partial charge is 0.124 e. The van der Waals surface area contributed by atoms with Gasteiger partial charge in [-0.15, -0.1) is 0 Å². The van der Waals surface area contributed by atoms with Crippen molar-refractivity contribution < 1.29 is 0 Å². The molecule has 3 heteroatoms. The molecule has 0 bridgehead atoms. The largest absolute Gasteiger partial charge is 0.384 e. The maximum atomic E-state index is 6.18. The number of nitrogen functional groups attached to an aromatic ring is 1. The van der Waals surface area contributed by atoms with E-state index in [1.165, 1.54) is 36.9 Å². The van der Waals surface area contributed by atoms with E-state index in [0.717, 1.165) is 12.2 Å². The van der Waals surface area contributed by atoms with Crippen LogP contribution < -0.4 is 5.73 Å². The Morgan fingerprint density at radius 2 is 1.94 bits per heavy atom. The summed E-state index contributed by atoms with van der Waals surface area (Å²) in [7, 11) is 1.96. The lowest BCUT2D eigenvalue weighted by Crippen LogP contribution is -2.20. The molecular weight excluding hydrogens is 210 g/mol. The summed E-state index contributed by atoms with van der Waals surface area (Å²) in [6.45, 7) is 6.84. The minimum absolute atomic E-state index is 0.263. The fourth-order valence-electron chi connectivity index (χ4n) is 3.07. The van der Waals surface area contributed by atoms with E-state index in [1.54, 1.807) is 0 Å². The first-order valence-corrected chi connectivity index (χ1v) is 6.76. The van der Waals surface area contributed by atoms with E-state index in [2.05, 4.69) is 20.8 Å². The second-order valence-electron chi connectivity index (χ2n) is 6.20. The maximum Gasteiger partial charge on any atom is 0.124 e. The van der Waals surface area contributed by atoms with Crippen LogP contribution in [0.1, 0.15) is 57.7 Å². The van der Waals surface area contributed by atoms with Crippen molar-refractivity contribution in [3.05, 3.63) is 11.3 Å². The average molecular weight is 235 g/mol. The first-order chi connectivity index (χ1) is 7.94. The molecule has 1 aliphatic rings. The molecule has 0 atom stereocenters. The fourth-order valence-corrected chi connectivity index (χ4v) is 3.07. The molecule has 2 N–H and O–H groups in total. The summed E-state index contributed by atoms with van der Waals surface area (Å²) < 4.78 is 1.86. The second kappa shape index (κ2) is 4.35. The Morgan fingerprint density at radius 3 is 2.47 bits per heavy atom. The molecule has 1 heterocycles. The van der Waals surface area contributed by atoms with E-state index < -0.39 is 0 Å². The predicted molar refractivity (Wildman–Crippen MR) is 72.0 cm³/mol. The van der Waals surface area contributed by atoms with Crippen LogP contribution in [0.5, 0.6) is 0 Å². The van der Waals surface area contributed by atoms with Crippen molar-refractivity contribution in [3.8, 4) is 0 Å². The summed E-state index contributed by atoms with van der Waals surface area (Å²) in [5, 5.41) is 4.71. The Morgan fingerprint density at radius 1 is 1.35 bits per heavy atom. The van der Waals surface area contributed by atoms with Crippen LogP contribution in [-0.4, -0.2) is 9.78 Å². The lowest BCUT2D eigenvalue weighted by atomic mass is 9.81. The van der Waals surface area contributed by atoms with Crippen molar-refractivity contribution in [2.75, 3.05) is 5.73 Å². The molecule has 0 aromatic carbocycles. The number of anilines is 1. The molecule has 17 heavy (non-hydrogen) atoms. The van der Waals surface area contributed by atoms with Gasteiger partial charge in [0.1, 0.15) is 5.82 Å². The number of aryl methyl sites for hydroxylation is 1. The molecule has 0 amide bonds. The Balaban J connectivity index is 2.42. The van der Waals surface area contributed by atoms with E-state index in [-0.39, 0.29) is 5.41 Å². The zero-order chi connectivity index (χ0) is 12.6. The molecule has 3 nitrogen and oxygen atoms in total. The third kappa shape index (κ3) is 2.20. The van der Waals surface area contributed by atoms with Crippen LogP contribution in [0.25, 0.3) is 0 Å². The van der Waals surface area contributed by atoms with Crippen LogP contribution in [0.3, 0.4) is 0 Å². The van der Waals surface area contributed by atoms with Gasteiger partial charge in [-0.3, -0.25) is 4.68 Å². The number of hydrogen-bond acceptors (Lipinski definition) is 2. The lowest BCUT2D eigenvalue weighted by molar-refractivity contribution is 0.461. The van der Waals surface area contributed by atoms with Gasteiger partial charge in [-0.25, -0.2) is 0 Å². The van der Waals surface area contributed by atoms with Crippen molar-refractivity contribution in [1.82, 2.24) is 9.78 Å². The van der Waals surface area contributed by atoms with Gasteiger partial charge in [0.05, 0.1) is 5.69 Å². The molecule has 96 valence electrons. The summed E-state index contributed by atoms with van der Waals surface area (Å²) in [5.41, 5.74) is 9.01. The number of rotatable bonds is 3. The Bertz CT molecular complexity index is 398. The monoisotopic (exact) mass is 235 g/mol. The highest BCUT2D eigenvalue weighted by Gasteiger charge is 2.36. The van der Waals surface area contributed by atoms with Gasteiger partial charge in [0, 0.05) is 18.0 Å². The van der Waals surface area contributed by atoms with Crippen molar-refractivity contribution in [2.24, 2.45) is 13.0 Å². The van der Waals surface area contributed by atoms with Crippen molar-refractivity contribution in [1.29, 1.82) is 0 Å². The van der Waals surface area contributed by atoms with Gasteiger partial charge < -0.3 is 5.73 Å². The highest BCUT2D eigenvalue weighted by atomic mass is 15.3. The molecule has 1 aromatic heterocycles. The predicted octanol–water partition coefficient (Wildman–Crippen LogP) is 3.03. The topological polar surface area (TPSA) is 43.8 Å². The normalized spacial score (nSPS) is 19.1. The zero-order valence-corrected chi connectivity index (χ0v) is 11.6. The Labute approximate surface area is 104 Å². The van der Waals surface area contributed by atoms with Crippen LogP contribution >= 0.6 is 0 Å². The van der Waals surface area contributed by atoms with E-state index in [9.17, 15) is 0 Å². The molecular formula is C14H25N3. The van der Waals surface area contributed by atoms with Gasteiger partial charge in [-0.1, -0.05) is 33.6 Å². The first-order valence-electron chi connectivity index (χ1n) is 6.76. The molecule has 2 rings (SSSR count). The number of nitrogens with two attached hydrogens (primary N) is 1. The molecule has 1 saturated carbocycles. The summed E-state index contributed by atoms with van der Waals surface area (Å²) in [6.07, 6.45) is 6.22. The summed E-state index contributed by atoms with van der Waals surface area (Å²) >= 11 is 0. The fraction of sp³-hybridized carbons (Fsp3) is 0.786. The van der Waals surface area contributed by atoms with Crippen molar-refractivity contribution >= 4 is 5.82 Å². The summed E-state index contributed by atoms with van der Waals surface area (Å²) in [6, 6.07) is 0. The molecule has 1 aromatic rings. The Hall–Kier alpha value is -0.990. The third-order valence-corrected chi connectivity index (χ3v) is 4.08. The SMILES string of the molecule is CC(C)Cc1c(C2(C)CCCC2)nn(C)c1N. The minimum Gasteiger partial charge on any atom is -0.384 e. The lowest BCUT2D eigenvalue weighted by Gasteiger charge is -2.23. The van der Waals surface area contributed by atoms with Crippen LogP contribution in [0.4, 0.5) is 5.82 Å². The molecule has 0 spiro atoms. The molecule has 0 saturated heterocycles. The molecule has 1 fully saturated rings. The van der Waals surface area contributed by atoms with Crippen LogP contribution in [0, 0.1) is 5.92 Å². The molecule has 1 aliphatic carbocycles. The highest BCUT2D eigenvalue weighted by Crippen LogP contribution is 2.42. The van der Waals surface area contributed by atoms with E-state index in [0.29, 0.717) is 5.92 Å². The zero-order valence-electron chi connectivity index (χ0n) is 11.6. The van der Waals surface area contributed by atoms with Crippen LogP contribution in [0.2, 0.25) is 0 Å². The first kappa shape index (κ1) is 12.5. The van der Waals surface area contributed by atoms with Gasteiger partial charge >= 0.3 is 0 Å². The molecule has 0 unspecified atom stereocenters. The minimum atomic E-state index is 0.263. The van der Waals surface area contributed by atoms with Crippen LogP contribution in [0.15, 0.2) is 0 Å². The summed E-state index contributed by atoms with van der Waals surface area (Å²) in [5.74, 6) is 1.49. The Kier molecular flexibility index (Phi) is 3.19. The van der Waals surface area contributed by atoms with Crippen LogP contribution in [-0.2, 0) is 18.9 Å². The molecule has 0 aliphatic heterocycles. The van der Waals surface area contributed by atoms with E-state index in [1.807, 2.05) is 11.7 Å². The van der Waals surface area contributed by atoms with Gasteiger partial charge in [0.25, 0.3) is 0 Å². The van der Waals surface area contributed by atoms with Gasteiger partial charge in [-0.2, -0.15) is 5.10 Å². The summed E-state index contributed by atoms with van der Waals surface area (Å²) in [4.78, 5) is 0. The van der Waals surface area contributed by atoms with E-state index >= 15 is 0 Å². The number of nitrogens with zero attached hydrogens (tertiary/aromatic N) is 2. The highest BCUT2D eigenvalue weighted by molar-refractivity contribution is 5.46.